The highest BCUT2D eigenvalue weighted by molar-refractivity contribution is 7.02. The van der Waals surface area contributed by atoms with Crippen LogP contribution in [-0.2, 0) is 0 Å². The van der Waals surface area contributed by atoms with E-state index in [4.69, 9.17) is 0 Å². The normalized spacial score (nSPS) is 12.3. The van der Waals surface area contributed by atoms with Gasteiger partial charge in [0.05, 0.1) is 0 Å². The first-order valence-corrected chi connectivity index (χ1v) is 29.2. The van der Waals surface area contributed by atoms with Gasteiger partial charge in [-0.25, -0.2) is 0 Å². The fourth-order valence-corrected chi connectivity index (χ4v) is 13.9. The van der Waals surface area contributed by atoms with Crippen LogP contribution < -0.4 is 47.5 Å². The fourth-order valence-electron chi connectivity index (χ4n) is 13.9. The Bertz CT molecular complexity index is 3860. The van der Waals surface area contributed by atoms with E-state index in [9.17, 15) is 0 Å². The van der Waals surface area contributed by atoms with Gasteiger partial charge in [-0.05, 0) is 239 Å². The van der Waals surface area contributed by atoms with E-state index in [-0.39, 0.29) is 13.4 Å². The minimum Gasteiger partial charge on any atom is -0.313 e. The largest absolute Gasteiger partial charge is 0.313 e. The van der Waals surface area contributed by atoms with Gasteiger partial charge < -0.3 is 14.7 Å². The highest BCUT2D eigenvalue weighted by atomic mass is 15.2. The zero-order valence-corrected chi connectivity index (χ0v) is 49.3. The summed E-state index contributed by atoms with van der Waals surface area (Å²) in [6.07, 6.45) is 0. The number of rotatable bonds is 10. The Hall–Kier alpha value is -9.05. The lowest BCUT2D eigenvalue weighted by atomic mass is 9.29. The zero-order chi connectivity index (χ0) is 56.7. The molecule has 0 amide bonds. The highest BCUT2D eigenvalue weighted by Crippen LogP contribution is 2.43. The number of para-hydroxylation sites is 4. The number of fused-ring (bicyclic) bond motifs is 4. The second kappa shape index (κ2) is 20.8. The van der Waals surface area contributed by atoms with Crippen LogP contribution in [0.3, 0.4) is 0 Å². The molecule has 0 N–H and O–H groups in total. The Morgan fingerprint density at radius 1 is 0.256 bits per heavy atom. The second-order valence-corrected chi connectivity index (χ2v) is 23.2. The number of hydrogen-bond acceptors (Lipinski definition) is 3. The lowest BCUT2D eigenvalue weighted by Crippen LogP contribution is -2.66. The maximum Gasteiger partial charge on any atom is 0.247 e. The van der Waals surface area contributed by atoms with Crippen molar-refractivity contribution in [3.63, 3.8) is 0 Å². The molecule has 0 fully saturated rings. The van der Waals surface area contributed by atoms with Gasteiger partial charge in [0.15, 0.2) is 0 Å². The van der Waals surface area contributed by atoms with Crippen molar-refractivity contribution < 1.29 is 0 Å². The van der Waals surface area contributed by atoms with Gasteiger partial charge in [0.2, 0.25) is 13.4 Å². The summed E-state index contributed by atoms with van der Waals surface area (Å²) >= 11 is 0. The van der Waals surface area contributed by atoms with Crippen LogP contribution in [-0.4, -0.2) is 13.4 Å². The van der Waals surface area contributed by atoms with Gasteiger partial charge in [-0.1, -0.05) is 172 Å². The Labute approximate surface area is 487 Å². The molecule has 11 aromatic carbocycles. The maximum atomic E-state index is 2.66. The van der Waals surface area contributed by atoms with Crippen molar-refractivity contribution in [3.05, 3.63) is 280 Å². The van der Waals surface area contributed by atoms with Crippen molar-refractivity contribution in [1.82, 2.24) is 0 Å². The first kappa shape index (κ1) is 52.3. The van der Waals surface area contributed by atoms with Gasteiger partial charge in [-0.2, -0.15) is 0 Å². The molecule has 13 rings (SSSR count). The van der Waals surface area contributed by atoms with Gasteiger partial charge in [-0.3, -0.25) is 0 Å². The van der Waals surface area contributed by atoms with Gasteiger partial charge >= 0.3 is 0 Å². The molecule has 0 bridgehead atoms. The van der Waals surface area contributed by atoms with Crippen molar-refractivity contribution in [2.24, 2.45) is 0 Å². The molecule has 0 unspecified atom stereocenters. The summed E-state index contributed by atoms with van der Waals surface area (Å²) in [4.78, 5) is 7.34. The van der Waals surface area contributed by atoms with Crippen LogP contribution in [0.15, 0.2) is 218 Å². The molecule has 0 aromatic heterocycles. The molecule has 11 aromatic rings. The Morgan fingerprint density at radius 2 is 0.524 bits per heavy atom. The third-order valence-corrected chi connectivity index (χ3v) is 19.0. The Kier molecular flexibility index (Phi) is 13.3. The van der Waals surface area contributed by atoms with E-state index in [2.05, 4.69) is 309 Å². The molecule has 0 saturated heterocycles. The SMILES string of the molecule is Cc1cc2c3c(c1)B(c1c(C)c(C)c(C)c(C)c1C)c1cc(-c4ccc(N(c5ccccc5)c5ccccc5)cc4)ccc1N3c1ccc(-c3ccc(N(c4ccccc4)c4ccccc4)cc3)cc1B2c1c(C)c(C)c(C)c(C)c1C. The summed E-state index contributed by atoms with van der Waals surface area (Å²) in [5.41, 5.74) is 38.7. The molecule has 0 atom stereocenters. The molecule has 82 heavy (non-hydrogen) atoms. The average Bonchev–Trinajstić information content (AvgIpc) is 1.64. The van der Waals surface area contributed by atoms with Gasteiger partial charge in [0, 0.05) is 51.2 Å². The molecule has 0 aliphatic carbocycles. The van der Waals surface area contributed by atoms with Crippen LogP contribution in [0.1, 0.15) is 61.2 Å². The number of anilines is 9. The molecule has 0 radical (unpaired) electrons. The summed E-state index contributed by atoms with van der Waals surface area (Å²) in [5, 5.41) is 0. The van der Waals surface area contributed by atoms with E-state index in [1.165, 1.54) is 133 Å². The van der Waals surface area contributed by atoms with Crippen LogP contribution >= 0.6 is 0 Å². The van der Waals surface area contributed by atoms with Gasteiger partial charge in [-0.15, -0.1) is 0 Å². The van der Waals surface area contributed by atoms with E-state index in [1.54, 1.807) is 0 Å². The minimum absolute atomic E-state index is 0.0150. The molecule has 2 heterocycles. The maximum absolute atomic E-state index is 2.66. The lowest BCUT2D eigenvalue weighted by molar-refractivity contribution is 1.19. The Morgan fingerprint density at radius 3 is 0.829 bits per heavy atom. The predicted octanol–water partition coefficient (Wildman–Crippen LogP) is 16.5. The third kappa shape index (κ3) is 8.60. The molecular formula is C77H69B2N3. The molecule has 0 saturated carbocycles. The van der Waals surface area contributed by atoms with E-state index in [0.717, 1.165) is 34.1 Å². The fraction of sp³-hybridized carbons (Fsp3) is 0.143. The van der Waals surface area contributed by atoms with Gasteiger partial charge in [0.1, 0.15) is 0 Å². The third-order valence-electron chi connectivity index (χ3n) is 19.0. The van der Waals surface area contributed by atoms with E-state index in [1.807, 2.05) is 0 Å². The highest BCUT2D eigenvalue weighted by Gasteiger charge is 2.46. The van der Waals surface area contributed by atoms with E-state index in [0.29, 0.717) is 0 Å². The molecule has 398 valence electrons. The monoisotopic (exact) mass is 1060 g/mol. The quantitative estimate of drug-likeness (QED) is 0.126. The van der Waals surface area contributed by atoms with E-state index >= 15 is 0 Å². The Balaban J connectivity index is 1.02. The first-order valence-electron chi connectivity index (χ1n) is 29.2. The van der Waals surface area contributed by atoms with Gasteiger partial charge in [0.25, 0.3) is 0 Å². The average molecular weight is 1060 g/mol. The summed E-state index contributed by atoms with van der Waals surface area (Å²) < 4.78 is 0. The van der Waals surface area contributed by atoms with Crippen LogP contribution in [0, 0.1) is 76.2 Å². The smallest absolute Gasteiger partial charge is 0.247 e. The van der Waals surface area contributed by atoms with Crippen molar-refractivity contribution in [3.8, 4) is 22.3 Å². The number of nitrogens with zero attached hydrogens (tertiary/aromatic N) is 3. The summed E-state index contributed by atoms with van der Waals surface area (Å²) in [6.45, 7) is 25.8. The topological polar surface area (TPSA) is 9.72 Å². The molecule has 2 aliphatic heterocycles. The number of benzene rings is 11. The second-order valence-electron chi connectivity index (χ2n) is 23.2. The standard InChI is InChI=1S/C77H69B2N3/c1-48-44-71-77-72(45-48)79(76-57(10)53(6)50(3)54(7)58(76)11)70-47-62(60-34-40-68(41-35-60)81(65-28-20-14-21-29-65)66-30-22-15-23-31-66)37-43-74(70)82(77)73-42-36-61(46-69(73)78(71)75-55(8)51(4)49(2)52(5)56(75)9)59-32-38-67(39-33-59)80(63-24-16-12-17-25-63)64-26-18-13-19-27-64/h12-47H,1-11H3. The van der Waals surface area contributed by atoms with Crippen molar-refractivity contribution in [2.45, 2.75) is 76.2 Å². The minimum atomic E-state index is -0.0150. The predicted molar refractivity (Wildman–Crippen MR) is 356 cm³/mol. The zero-order valence-electron chi connectivity index (χ0n) is 49.3. The molecule has 0 spiro atoms. The van der Waals surface area contributed by atoms with Crippen molar-refractivity contribution >= 4 is 97.4 Å². The number of aryl methyl sites for hydroxylation is 1. The number of hydrogen-bond donors (Lipinski definition) is 0. The molecule has 2 aliphatic rings. The summed E-state index contributed by atoms with van der Waals surface area (Å²) in [6, 6.07) is 80.9. The van der Waals surface area contributed by atoms with Crippen molar-refractivity contribution in [2.75, 3.05) is 14.7 Å². The molecular weight excluding hydrogens is 988 g/mol. The van der Waals surface area contributed by atoms with Crippen molar-refractivity contribution in [1.29, 1.82) is 0 Å². The molecule has 3 nitrogen and oxygen atoms in total. The van der Waals surface area contributed by atoms with Crippen LogP contribution in [0.2, 0.25) is 0 Å². The summed E-state index contributed by atoms with van der Waals surface area (Å²) in [7, 11) is 0. The lowest BCUT2D eigenvalue weighted by Gasteiger charge is -2.45. The van der Waals surface area contributed by atoms with Crippen LogP contribution in [0.25, 0.3) is 22.3 Å². The van der Waals surface area contributed by atoms with Crippen LogP contribution in [0.4, 0.5) is 51.2 Å². The van der Waals surface area contributed by atoms with E-state index < -0.39 is 0 Å². The summed E-state index contributed by atoms with van der Waals surface area (Å²) in [5.74, 6) is 0. The first-order chi connectivity index (χ1) is 39.8. The molecule has 5 heteroatoms. The van der Waals surface area contributed by atoms with Crippen LogP contribution in [0.5, 0.6) is 0 Å².